The molecule has 0 amide bonds. The molecule has 19 heavy (non-hydrogen) atoms. The number of benzene rings is 1. The van der Waals surface area contributed by atoms with Crippen LogP contribution in [0.25, 0.3) is 0 Å². The standard InChI is InChI=1S/C16H25NO2/c1-13-8-6-7-9-14(13)12-17(5)11-10-15(18)19-16(2,3)4/h6-9H,10-12H2,1-5H3. The van der Waals surface area contributed by atoms with Crippen LogP contribution in [0.15, 0.2) is 24.3 Å². The molecule has 0 aliphatic heterocycles. The molecule has 0 fully saturated rings. The lowest BCUT2D eigenvalue weighted by Crippen LogP contribution is -2.27. The first-order valence-electron chi connectivity index (χ1n) is 6.73. The molecule has 0 saturated carbocycles. The Kier molecular flexibility index (Phi) is 5.55. The molecule has 0 heterocycles. The van der Waals surface area contributed by atoms with E-state index in [0.29, 0.717) is 13.0 Å². The van der Waals surface area contributed by atoms with Crippen LogP contribution in [-0.4, -0.2) is 30.1 Å². The summed E-state index contributed by atoms with van der Waals surface area (Å²) in [4.78, 5) is 13.8. The third-order valence-corrected chi connectivity index (χ3v) is 2.82. The molecule has 0 N–H and O–H groups in total. The number of rotatable bonds is 5. The van der Waals surface area contributed by atoms with Crippen LogP contribution in [0.1, 0.15) is 38.3 Å². The molecule has 0 aromatic heterocycles. The Hall–Kier alpha value is -1.35. The van der Waals surface area contributed by atoms with E-state index in [-0.39, 0.29) is 5.97 Å². The van der Waals surface area contributed by atoms with Crippen LogP contribution in [0.5, 0.6) is 0 Å². The number of ether oxygens (including phenoxy) is 1. The molecule has 3 heteroatoms. The van der Waals surface area contributed by atoms with Gasteiger partial charge in [0.2, 0.25) is 0 Å². The van der Waals surface area contributed by atoms with Crippen molar-refractivity contribution in [3.63, 3.8) is 0 Å². The first-order chi connectivity index (χ1) is 8.78. The number of carbonyl (C=O) groups is 1. The van der Waals surface area contributed by atoms with Crippen molar-refractivity contribution in [1.82, 2.24) is 4.90 Å². The third-order valence-electron chi connectivity index (χ3n) is 2.82. The van der Waals surface area contributed by atoms with Crippen molar-refractivity contribution < 1.29 is 9.53 Å². The summed E-state index contributed by atoms with van der Waals surface area (Å²) in [6.45, 7) is 9.35. The monoisotopic (exact) mass is 263 g/mol. The van der Waals surface area contributed by atoms with Crippen LogP contribution >= 0.6 is 0 Å². The van der Waals surface area contributed by atoms with Crippen LogP contribution in [0.3, 0.4) is 0 Å². The second-order valence-electron chi connectivity index (χ2n) is 6.00. The Balaban J connectivity index is 2.38. The van der Waals surface area contributed by atoms with E-state index in [0.717, 1.165) is 6.54 Å². The highest BCUT2D eigenvalue weighted by molar-refractivity contribution is 5.70. The Morgan fingerprint density at radius 2 is 1.89 bits per heavy atom. The smallest absolute Gasteiger partial charge is 0.307 e. The van der Waals surface area contributed by atoms with Crippen LogP contribution in [-0.2, 0) is 16.1 Å². The summed E-state index contributed by atoms with van der Waals surface area (Å²) in [7, 11) is 2.02. The molecule has 1 aromatic carbocycles. The Morgan fingerprint density at radius 1 is 1.26 bits per heavy atom. The molecule has 0 atom stereocenters. The number of aryl methyl sites for hydroxylation is 1. The summed E-state index contributed by atoms with van der Waals surface area (Å²) in [6, 6.07) is 8.32. The zero-order chi connectivity index (χ0) is 14.5. The molecular formula is C16H25NO2. The molecule has 0 spiro atoms. The first kappa shape index (κ1) is 15.7. The molecule has 1 rings (SSSR count). The lowest BCUT2D eigenvalue weighted by atomic mass is 10.1. The summed E-state index contributed by atoms with van der Waals surface area (Å²) in [5.41, 5.74) is 2.19. The van der Waals surface area contributed by atoms with Crippen molar-refractivity contribution in [3.8, 4) is 0 Å². The third kappa shape index (κ3) is 6.39. The highest BCUT2D eigenvalue weighted by atomic mass is 16.6. The predicted molar refractivity (Wildman–Crippen MR) is 78.0 cm³/mol. The van der Waals surface area contributed by atoms with Crippen LogP contribution in [0, 0.1) is 6.92 Å². The molecular weight excluding hydrogens is 238 g/mol. The normalized spacial score (nSPS) is 11.7. The SMILES string of the molecule is Cc1ccccc1CN(C)CCC(=O)OC(C)(C)C. The van der Waals surface area contributed by atoms with Crippen molar-refractivity contribution in [3.05, 3.63) is 35.4 Å². The molecule has 0 radical (unpaired) electrons. The quantitative estimate of drug-likeness (QED) is 0.764. The van der Waals surface area contributed by atoms with Crippen molar-refractivity contribution in [2.75, 3.05) is 13.6 Å². The molecule has 0 bridgehead atoms. The van der Waals surface area contributed by atoms with Gasteiger partial charge in [-0.1, -0.05) is 24.3 Å². The number of esters is 1. The lowest BCUT2D eigenvalue weighted by molar-refractivity contribution is -0.155. The van der Waals surface area contributed by atoms with Gasteiger partial charge in [0.25, 0.3) is 0 Å². The fourth-order valence-electron chi connectivity index (χ4n) is 1.83. The zero-order valence-corrected chi connectivity index (χ0v) is 12.7. The maximum absolute atomic E-state index is 11.6. The number of carbonyl (C=O) groups excluding carboxylic acids is 1. The zero-order valence-electron chi connectivity index (χ0n) is 12.7. The molecule has 0 aliphatic carbocycles. The Labute approximate surface area is 116 Å². The molecule has 0 unspecified atom stereocenters. The van der Waals surface area contributed by atoms with Gasteiger partial charge < -0.3 is 9.64 Å². The van der Waals surface area contributed by atoms with Gasteiger partial charge in [-0.25, -0.2) is 0 Å². The van der Waals surface area contributed by atoms with E-state index in [2.05, 4.69) is 24.0 Å². The van der Waals surface area contributed by atoms with Crippen LogP contribution < -0.4 is 0 Å². The van der Waals surface area contributed by atoms with Crippen molar-refractivity contribution in [2.45, 2.75) is 46.3 Å². The van der Waals surface area contributed by atoms with E-state index in [4.69, 9.17) is 4.74 Å². The average Bonchev–Trinajstić information content (AvgIpc) is 2.27. The van der Waals surface area contributed by atoms with E-state index in [1.807, 2.05) is 40.0 Å². The van der Waals surface area contributed by atoms with Gasteiger partial charge in [0, 0.05) is 13.1 Å². The first-order valence-corrected chi connectivity index (χ1v) is 6.73. The van der Waals surface area contributed by atoms with E-state index in [1.54, 1.807) is 0 Å². The molecule has 3 nitrogen and oxygen atoms in total. The summed E-state index contributed by atoms with van der Waals surface area (Å²) >= 11 is 0. The minimum Gasteiger partial charge on any atom is -0.460 e. The molecule has 106 valence electrons. The topological polar surface area (TPSA) is 29.5 Å². The summed E-state index contributed by atoms with van der Waals surface area (Å²) in [6.07, 6.45) is 0.430. The molecule has 0 saturated heterocycles. The number of hydrogen-bond acceptors (Lipinski definition) is 3. The van der Waals surface area contributed by atoms with Crippen LogP contribution in [0.4, 0.5) is 0 Å². The summed E-state index contributed by atoms with van der Waals surface area (Å²) in [5.74, 6) is -0.135. The second-order valence-corrected chi connectivity index (χ2v) is 6.00. The minimum absolute atomic E-state index is 0.135. The van der Waals surface area contributed by atoms with E-state index >= 15 is 0 Å². The Bertz CT molecular complexity index is 421. The van der Waals surface area contributed by atoms with Gasteiger partial charge in [-0.2, -0.15) is 0 Å². The maximum atomic E-state index is 11.6. The van der Waals surface area contributed by atoms with E-state index in [9.17, 15) is 4.79 Å². The predicted octanol–water partition coefficient (Wildman–Crippen LogP) is 3.16. The van der Waals surface area contributed by atoms with Gasteiger partial charge in [0.1, 0.15) is 5.60 Å². The van der Waals surface area contributed by atoms with Crippen molar-refractivity contribution in [1.29, 1.82) is 0 Å². The molecule has 0 aliphatic rings. The number of nitrogens with zero attached hydrogens (tertiary/aromatic N) is 1. The van der Waals surface area contributed by atoms with Gasteiger partial charge in [-0.05, 0) is 45.9 Å². The Morgan fingerprint density at radius 3 is 2.47 bits per heavy atom. The second kappa shape index (κ2) is 6.71. The van der Waals surface area contributed by atoms with Crippen LogP contribution in [0.2, 0.25) is 0 Å². The van der Waals surface area contributed by atoms with Gasteiger partial charge >= 0.3 is 5.97 Å². The van der Waals surface area contributed by atoms with E-state index < -0.39 is 5.60 Å². The van der Waals surface area contributed by atoms with Gasteiger partial charge in [0.05, 0.1) is 6.42 Å². The highest BCUT2D eigenvalue weighted by Gasteiger charge is 2.16. The molecule has 1 aromatic rings. The maximum Gasteiger partial charge on any atom is 0.307 e. The summed E-state index contributed by atoms with van der Waals surface area (Å²) in [5, 5.41) is 0. The number of hydrogen-bond donors (Lipinski definition) is 0. The van der Waals surface area contributed by atoms with Gasteiger partial charge in [-0.3, -0.25) is 4.79 Å². The van der Waals surface area contributed by atoms with Crippen molar-refractivity contribution >= 4 is 5.97 Å². The lowest BCUT2D eigenvalue weighted by Gasteiger charge is -2.21. The van der Waals surface area contributed by atoms with Gasteiger partial charge in [0.15, 0.2) is 0 Å². The minimum atomic E-state index is -0.397. The summed E-state index contributed by atoms with van der Waals surface area (Å²) < 4.78 is 5.30. The fraction of sp³-hybridized carbons (Fsp3) is 0.562. The highest BCUT2D eigenvalue weighted by Crippen LogP contribution is 2.11. The van der Waals surface area contributed by atoms with E-state index in [1.165, 1.54) is 11.1 Å². The van der Waals surface area contributed by atoms with Gasteiger partial charge in [-0.15, -0.1) is 0 Å². The average molecular weight is 263 g/mol. The fourth-order valence-corrected chi connectivity index (χ4v) is 1.83. The largest absolute Gasteiger partial charge is 0.460 e. The van der Waals surface area contributed by atoms with Crippen molar-refractivity contribution in [2.24, 2.45) is 0 Å².